The number of ether oxygens (including phenoxy) is 3. The smallest absolute Gasteiger partial charge is 0.412 e. The van der Waals surface area contributed by atoms with Gasteiger partial charge in [-0.3, -0.25) is 10.1 Å². The summed E-state index contributed by atoms with van der Waals surface area (Å²) in [6.45, 7) is 5.70. The molecule has 2 rings (SSSR count). The lowest BCUT2D eigenvalue weighted by molar-refractivity contribution is 0.0635. The van der Waals surface area contributed by atoms with Crippen molar-refractivity contribution in [2.75, 3.05) is 19.5 Å². The van der Waals surface area contributed by atoms with Gasteiger partial charge in [0, 0.05) is 17.8 Å². The first kappa shape index (κ1) is 21.1. The molecule has 28 heavy (non-hydrogen) atoms. The predicted molar refractivity (Wildman–Crippen MR) is 107 cm³/mol. The Morgan fingerprint density at radius 1 is 0.964 bits per heavy atom. The molecule has 0 spiro atoms. The quantitative estimate of drug-likeness (QED) is 0.784. The van der Waals surface area contributed by atoms with E-state index in [1.807, 2.05) is 6.07 Å². The van der Waals surface area contributed by atoms with Crippen LogP contribution in [0.4, 0.5) is 10.5 Å². The second-order valence-corrected chi connectivity index (χ2v) is 7.08. The maximum atomic E-state index is 12.4. The van der Waals surface area contributed by atoms with Gasteiger partial charge < -0.3 is 19.5 Å². The highest BCUT2D eigenvalue weighted by molar-refractivity contribution is 5.94. The summed E-state index contributed by atoms with van der Waals surface area (Å²) in [5.41, 5.74) is 1.31. The Hall–Kier alpha value is -3.22. The van der Waals surface area contributed by atoms with Crippen molar-refractivity contribution in [2.24, 2.45) is 0 Å². The molecule has 0 atom stereocenters. The van der Waals surface area contributed by atoms with Crippen LogP contribution in [0.1, 0.15) is 36.7 Å². The van der Waals surface area contributed by atoms with Crippen molar-refractivity contribution in [1.29, 1.82) is 0 Å². The Morgan fingerprint density at radius 2 is 1.68 bits per heavy atom. The van der Waals surface area contributed by atoms with Gasteiger partial charge in [-0.25, -0.2) is 4.79 Å². The predicted octanol–water partition coefficient (Wildman–Crippen LogP) is 3.98. The Bertz CT molecular complexity index is 843. The van der Waals surface area contributed by atoms with Crippen LogP contribution >= 0.6 is 0 Å². The molecular formula is C21H26N2O5. The van der Waals surface area contributed by atoms with E-state index in [-0.39, 0.29) is 5.91 Å². The maximum absolute atomic E-state index is 12.4. The van der Waals surface area contributed by atoms with Crippen LogP contribution in [0.3, 0.4) is 0 Å². The molecule has 7 nitrogen and oxygen atoms in total. The molecule has 0 aromatic heterocycles. The van der Waals surface area contributed by atoms with Gasteiger partial charge in [0.15, 0.2) is 11.5 Å². The number of nitrogens with one attached hydrogen (secondary N) is 2. The first-order chi connectivity index (χ1) is 13.2. The van der Waals surface area contributed by atoms with Gasteiger partial charge in [-0.15, -0.1) is 0 Å². The zero-order valence-corrected chi connectivity index (χ0v) is 16.8. The Balaban J connectivity index is 1.99. The van der Waals surface area contributed by atoms with Gasteiger partial charge in [-0.2, -0.15) is 0 Å². The molecule has 0 aliphatic carbocycles. The lowest BCUT2D eigenvalue weighted by Gasteiger charge is -2.19. The summed E-state index contributed by atoms with van der Waals surface area (Å²) in [4.78, 5) is 24.3. The van der Waals surface area contributed by atoms with Gasteiger partial charge >= 0.3 is 6.09 Å². The second kappa shape index (κ2) is 9.12. The molecule has 0 heterocycles. The average Bonchev–Trinajstić information content (AvgIpc) is 2.64. The molecule has 0 radical (unpaired) electrons. The number of amides is 2. The molecule has 0 aliphatic rings. The number of hydrogen-bond donors (Lipinski definition) is 2. The number of rotatable bonds is 6. The Kier molecular flexibility index (Phi) is 6.87. The van der Waals surface area contributed by atoms with Crippen molar-refractivity contribution in [1.82, 2.24) is 5.32 Å². The van der Waals surface area contributed by atoms with Crippen LogP contribution in [0.2, 0.25) is 0 Å². The first-order valence-electron chi connectivity index (χ1n) is 8.81. The van der Waals surface area contributed by atoms with Gasteiger partial charge in [0.05, 0.1) is 14.2 Å². The van der Waals surface area contributed by atoms with E-state index in [4.69, 9.17) is 14.2 Å². The SMILES string of the molecule is COc1ccc(C(=O)NCc2cccc(NC(=O)OC(C)(C)C)c2)cc1OC. The molecule has 0 unspecified atom stereocenters. The van der Waals surface area contributed by atoms with Gasteiger partial charge in [-0.05, 0) is 56.7 Å². The van der Waals surface area contributed by atoms with E-state index in [9.17, 15) is 9.59 Å². The van der Waals surface area contributed by atoms with Crippen LogP contribution < -0.4 is 20.1 Å². The van der Waals surface area contributed by atoms with E-state index in [2.05, 4.69) is 10.6 Å². The van der Waals surface area contributed by atoms with Gasteiger partial charge in [-0.1, -0.05) is 12.1 Å². The maximum Gasteiger partial charge on any atom is 0.412 e. The molecule has 0 fully saturated rings. The highest BCUT2D eigenvalue weighted by atomic mass is 16.6. The zero-order valence-electron chi connectivity index (χ0n) is 16.8. The fourth-order valence-electron chi connectivity index (χ4n) is 2.44. The molecule has 150 valence electrons. The molecule has 0 aliphatic heterocycles. The lowest BCUT2D eigenvalue weighted by Crippen LogP contribution is -2.27. The normalized spacial score (nSPS) is 10.8. The minimum Gasteiger partial charge on any atom is -0.493 e. The van der Waals surface area contributed by atoms with E-state index >= 15 is 0 Å². The lowest BCUT2D eigenvalue weighted by atomic mass is 10.1. The van der Waals surface area contributed by atoms with Crippen molar-refractivity contribution < 1.29 is 23.8 Å². The van der Waals surface area contributed by atoms with E-state index < -0.39 is 11.7 Å². The Morgan fingerprint density at radius 3 is 2.32 bits per heavy atom. The highest BCUT2D eigenvalue weighted by Crippen LogP contribution is 2.27. The molecule has 0 saturated heterocycles. The van der Waals surface area contributed by atoms with Crippen molar-refractivity contribution in [3.05, 3.63) is 53.6 Å². The fraction of sp³-hybridized carbons (Fsp3) is 0.333. The number of anilines is 1. The number of methoxy groups -OCH3 is 2. The van der Waals surface area contributed by atoms with Crippen molar-refractivity contribution in [3.63, 3.8) is 0 Å². The minimum atomic E-state index is -0.574. The average molecular weight is 386 g/mol. The topological polar surface area (TPSA) is 85.9 Å². The van der Waals surface area contributed by atoms with Crippen molar-refractivity contribution in [2.45, 2.75) is 32.9 Å². The first-order valence-corrected chi connectivity index (χ1v) is 8.81. The summed E-state index contributed by atoms with van der Waals surface area (Å²) in [5.74, 6) is 0.796. The Labute approximate surface area is 165 Å². The van der Waals surface area contributed by atoms with Crippen LogP contribution in [0, 0.1) is 0 Å². The zero-order chi connectivity index (χ0) is 20.7. The summed E-state index contributed by atoms with van der Waals surface area (Å²) in [5, 5.41) is 5.53. The largest absolute Gasteiger partial charge is 0.493 e. The summed E-state index contributed by atoms with van der Waals surface area (Å²) >= 11 is 0. The number of carbonyl (C=O) groups is 2. The van der Waals surface area contributed by atoms with Crippen LogP contribution in [-0.2, 0) is 11.3 Å². The molecular weight excluding hydrogens is 360 g/mol. The monoisotopic (exact) mass is 386 g/mol. The molecule has 2 aromatic rings. The van der Waals surface area contributed by atoms with Gasteiger partial charge in [0.1, 0.15) is 5.60 Å². The molecule has 2 N–H and O–H groups in total. The number of hydrogen-bond acceptors (Lipinski definition) is 5. The van der Waals surface area contributed by atoms with E-state index in [0.717, 1.165) is 5.56 Å². The molecule has 2 amide bonds. The summed E-state index contributed by atoms with van der Waals surface area (Å²) < 4.78 is 15.6. The number of benzene rings is 2. The summed E-state index contributed by atoms with van der Waals surface area (Å²) in [7, 11) is 3.05. The van der Waals surface area contributed by atoms with Gasteiger partial charge in [0.2, 0.25) is 0 Å². The van der Waals surface area contributed by atoms with Crippen molar-refractivity contribution in [3.8, 4) is 11.5 Å². The second-order valence-electron chi connectivity index (χ2n) is 7.08. The molecule has 0 bridgehead atoms. The van der Waals surface area contributed by atoms with Crippen LogP contribution in [0.15, 0.2) is 42.5 Å². The van der Waals surface area contributed by atoms with E-state index in [1.165, 1.54) is 14.2 Å². The van der Waals surface area contributed by atoms with Crippen LogP contribution in [0.25, 0.3) is 0 Å². The van der Waals surface area contributed by atoms with Crippen LogP contribution in [0.5, 0.6) is 11.5 Å². The van der Waals surface area contributed by atoms with E-state index in [0.29, 0.717) is 29.3 Å². The minimum absolute atomic E-state index is 0.244. The summed E-state index contributed by atoms with van der Waals surface area (Å²) in [6.07, 6.45) is -0.529. The van der Waals surface area contributed by atoms with Crippen molar-refractivity contribution >= 4 is 17.7 Å². The molecule has 7 heteroatoms. The van der Waals surface area contributed by atoms with Gasteiger partial charge in [0.25, 0.3) is 5.91 Å². The van der Waals surface area contributed by atoms with Crippen LogP contribution in [-0.4, -0.2) is 31.8 Å². The summed E-state index contributed by atoms with van der Waals surface area (Å²) in [6, 6.07) is 12.1. The third-order valence-corrected chi connectivity index (χ3v) is 3.67. The fourth-order valence-corrected chi connectivity index (χ4v) is 2.44. The highest BCUT2D eigenvalue weighted by Gasteiger charge is 2.16. The van der Waals surface area contributed by atoms with E-state index in [1.54, 1.807) is 57.2 Å². The third kappa shape index (κ3) is 6.19. The standard InChI is InChI=1S/C21H26N2O5/c1-21(2,3)28-20(25)23-16-8-6-7-14(11-16)13-22-19(24)15-9-10-17(26-4)18(12-15)27-5/h6-12H,13H2,1-5H3,(H,22,24)(H,23,25). The molecule has 0 saturated carbocycles. The third-order valence-electron chi connectivity index (χ3n) is 3.67. The molecule has 2 aromatic carbocycles. The number of carbonyl (C=O) groups excluding carboxylic acids is 2.